The number of hydrogen-bond donors (Lipinski definition) is 2. The van der Waals surface area contributed by atoms with Crippen molar-refractivity contribution in [2.45, 2.75) is 6.61 Å². The van der Waals surface area contributed by atoms with Crippen LogP contribution >= 0.6 is 0 Å². The zero-order valence-corrected chi connectivity index (χ0v) is 9.89. The summed E-state index contributed by atoms with van der Waals surface area (Å²) in [6.45, 7) is -0.0762. The summed E-state index contributed by atoms with van der Waals surface area (Å²) >= 11 is 0. The Balaban J connectivity index is 2.04. The summed E-state index contributed by atoms with van der Waals surface area (Å²) < 4.78 is 2.95. The van der Waals surface area contributed by atoms with Crippen LogP contribution in [0.4, 0.5) is 0 Å². The Morgan fingerprint density at radius 3 is 2.89 bits per heavy atom. The van der Waals surface area contributed by atoms with Crippen LogP contribution in [0.1, 0.15) is 5.56 Å². The van der Waals surface area contributed by atoms with Crippen molar-refractivity contribution in [2.75, 3.05) is 0 Å². The van der Waals surface area contributed by atoms with Crippen LogP contribution in [-0.4, -0.2) is 29.4 Å². The van der Waals surface area contributed by atoms with Crippen LogP contribution in [0.3, 0.4) is 0 Å². The molecule has 0 aliphatic carbocycles. The highest BCUT2D eigenvalue weighted by Crippen LogP contribution is 2.05. The maximum absolute atomic E-state index is 12.2. The molecule has 0 amide bonds. The Morgan fingerprint density at radius 2 is 2.26 bits per heavy atom. The van der Waals surface area contributed by atoms with Crippen LogP contribution in [0, 0.1) is 0 Å². The van der Waals surface area contributed by atoms with E-state index in [9.17, 15) is 4.79 Å². The second-order valence-electron chi connectivity index (χ2n) is 3.95. The Kier molecular flexibility index (Phi) is 2.73. The van der Waals surface area contributed by atoms with Gasteiger partial charge in [-0.1, -0.05) is 6.07 Å². The molecule has 0 saturated heterocycles. The molecule has 0 unspecified atom stereocenters. The minimum Gasteiger partial charge on any atom is -0.392 e. The van der Waals surface area contributed by atoms with E-state index in [4.69, 9.17) is 5.11 Å². The molecule has 0 atom stereocenters. The van der Waals surface area contributed by atoms with Gasteiger partial charge in [-0.25, -0.2) is 9.97 Å². The van der Waals surface area contributed by atoms with Crippen LogP contribution in [0.2, 0.25) is 0 Å². The highest BCUT2D eigenvalue weighted by atomic mass is 16.3. The second kappa shape index (κ2) is 4.54. The normalized spacial score (nSPS) is 10.8. The van der Waals surface area contributed by atoms with E-state index in [1.165, 1.54) is 10.9 Å². The van der Waals surface area contributed by atoms with Crippen molar-refractivity contribution in [1.29, 1.82) is 0 Å². The van der Waals surface area contributed by atoms with Gasteiger partial charge in [-0.15, -0.1) is 0 Å². The summed E-state index contributed by atoms with van der Waals surface area (Å²) in [6, 6.07) is 3.38. The quantitative estimate of drug-likeness (QED) is 0.703. The summed E-state index contributed by atoms with van der Waals surface area (Å²) in [6.07, 6.45) is 7.96. The number of hydrogen-bond acceptors (Lipinski definition) is 4. The first-order valence-corrected chi connectivity index (χ1v) is 5.64. The molecule has 7 nitrogen and oxygen atoms in total. The lowest BCUT2D eigenvalue weighted by Gasteiger charge is -2.01. The van der Waals surface area contributed by atoms with Gasteiger partial charge >= 0.3 is 0 Å². The minimum absolute atomic E-state index is 0.0762. The van der Waals surface area contributed by atoms with Crippen LogP contribution in [0.15, 0.2) is 48.0 Å². The number of nitrogens with one attached hydrogen (secondary N) is 1. The first-order chi connectivity index (χ1) is 9.29. The van der Waals surface area contributed by atoms with Gasteiger partial charge in [-0.2, -0.15) is 4.68 Å². The molecule has 0 fully saturated rings. The first kappa shape index (κ1) is 11.4. The summed E-state index contributed by atoms with van der Waals surface area (Å²) in [5, 5.41) is 11.8. The topological polar surface area (TPSA) is 88.7 Å². The van der Waals surface area contributed by atoms with E-state index in [-0.39, 0.29) is 12.2 Å². The molecule has 0 aliphatic heterocycles. The van der Waals surface area contributed by atoms with Gasteiger partial charge in [-0.05, 0) is 11.6 Å². The van der Waals surface area contributed by atoms with Gasteiger partial charge in [0.15, 0.2) is 5.82 Å². The first-order valence-electron chi connectivity index (χ1n) is 5.64. The molecule has 19 heavy (non-hydrogen) atoms. The summed E-state index contributed by atoms with van der Waals surface area (Å²) in [7, 11) is 0. The van der Waals surface area contributed by atoms with Crippen molar-refractivity contribution in [3.63, 3.8) is 0 Å². The Labute approximate surface area is 107 Å². The number of imidazole rings is 1. The smallest absolute Gasteiger partial charge is 0.296 e. The zero-order chi connectivity index (χ0) is 13.2. The van der Waals surface area contributed by atoms with E-state index in [0.29, 0.717) is 17.1 Å². The van der Waals surface area contributed by atoms with Gasteiger partial charge in [0.1, 0.15) is 5.69 Å². The molecule has 0 spiro atoms. The predicted molar refractivity (Wildman–Crippen MR) is 67.2 cm³/mol. The molecule has 7 heteroatoms. The van der Waals surface area contributed by atoms with E-state index in [1.54, 1.807) is 41.6 Å². The Hall–Kier alpha value is -2.67. The van der Waals surface area contributed by atoms with Gasteiger partial charge in [-0.3, -0.25) is 14.5 Å². The number of aromatic amines is 1. The van der Waals surface area contributed by atoms with Crippen molar-refractivity contribution >= 4 is 0 Å². The highest BCUT2D eigenvalue weighted by molar-refractivity contribution is 5.31. The van der Waals surface area contributed by atoms with Crippen LogP contribution < -0.4 is 5.56 Å². The molecule has 3 heterocycles. The third-order valence-electron chi connectivity index (χ3n) is 2.76. The standard InChI is InChI=1S/C12H11N5O2/c18-7-9-1-2-11(14-5-9)17-12(19)10(6-15-17)16-4-3-13-8-16/h1-6,8,15,18H,7H2. The lowest BCUT2D eigenvalue weighted by molar-refractivity contribution is 0.281. The van der Waals surface area contributed by atoms with E-state index in [2.05, 4.69) is 15.1 Å². The summed E-state index contributed by atoms with van der Waals surface area (Å²) in [4.78, 5) is 20.2. The van der Waals surface area contributed by atoms with Crippen LogP contribution in [0.25, 0.3) is 11.5 Å². The van der Waals surface area contributed by atoms with E-state index < -0.39 is 0 Å². The van der Waals surface area contributed by atoms with Gasteiger partial charge in [0, 0.05) is 24.8 Å². The maximum atomic E-state index is 12.2. The average Bonchev–Trinajstić information content (AvgIpc) is 3.08. The zero-order valence-electron chi connectivity index (χ0n) is 9.89. The number of aromatic nitrogens is 5. The fourth-order valence-electron chi connectivity index (χ4n) is 1.76. The maximum Gasteiger partial charge on any atom is 0.296 e. The molecule has 96 valence electrons. The molecule has 2 N–H and O–H groups in total. The molecular weight excluding hydrogens is 246 g/mol. The van der Waals surface area contributed by atoms with Crippen molar-refractivity contribution in [2.24, 2.45) is 0 Å². The molecule has 3 aromatic rings. The number of H-pyrrole nitrogens is 1. The molecular formula is C12H11N5O2. The van der Waals surface area contributed by atoms with Crippen LogP contribution in [-0.2, 0) is 6.61 Å². The fourth-order valence-corrected chi connectivity index (χ4v) is 1.76. The molecule has 0 radical (unpaired) electrons. The van der Waals surface area contributed by atoms with Gasteiger partial charge in [0.05, 0.1) is 12.9 Å². The number of nitrogens with zero attached hydrogens (tertiary/aromatic N) is 4. The molecule has 0 aliphatic rings. The lowest BCUT2D eigenvalue weighted by atomic mass is 10.3. The number of aliphatic hydroxyl groups is 1. The van der Waals surface area contributed by atoms with E-state index in [1.807, 2.05) is 0 Å². The van der Waals surface area contributed by atoms with Gasteiger partial charge in [0.25, 0.3) is 5.56 Å². The monoisotopic (exact) mass is 257 g/mol. The third-order valence-corrected chi connectivity index (χ3v) is 2.76. The minimum atomic E-state index is -0.220. The molecule has 3 rings (SSSR count). The SMILES string of the molecule is O=c1c(-n2ccnc2)c[nH]n1-c1ccc(CO)cn1. The van der Waals surface area contributed by atoms with Crippen molar-refractivity contribution in [1.82, 2.24) is 24.3 Å². The van der Waals surface area contributed by atoms with Crippen molar-refractivity contribution in [3.8, 4) is 11.5 Å². The molecule has 0 bridgehead atoms. The average molecular weight is 257 g/mol. The summed E-state index contributed by atoms with van der Waals surface area (Å²) in [5.74, 6) is 0.466. The number of rotatable bonds is 3. The Bertz CT molecular complexity index is 724. The van der Waals surface area contributed by atoms with Crippen molar-refractivity contribution < 1.29 is 5.11 Å². The molecule has 3 aromatic heterocycles. The van der Waals surface area contributed by atoms with Crippen molar-refractivity contribution in [3.05, 3.63) is 59.2 Å². The lowest BCUT2D eigenvalue weighted by Crippen LogP contribution is -2.18. The van der Waals surface area contributed by atoms with Gasteiger partial charge < -0.3 is 5.11 Å². The molecule has 0 aromatic carbocycles. The highest BCUT2D eigenvalue weighted by Gasteiger charge is 2.09. The largest absolute Gasteiger partial charge is 0.392 e. The number of aliphatic hydroxyl groups excluding tert-OH is 1. The van der Waals surface area contributed by atoms with Gasteiger partial charge in [0.2, 0.25) is 0 Å². The Morgan fingerprint density at radius 1 is 1.37 bits per heavy atom. The van der Waals surface area contributed by atoms with E-state index >= 15 is 0 Å². The summed E-state index contributed by atoms with van der Waals surface area (Å²) in [5.41, 5.74) is 0.936. The third kappa shape index (κ3) is 1.95. The number of pyridine rings is 1. The molecule has 0 saturated carbocycles. The van der Waals surface area contributed by atoms with Crippen LogP contribution in [0.5, 0.6) is 0 Å². The second-order valence-corrected chi connectivity index (χ2v) is 3.95. The fraction of sp³-hybridized carbons (Fsp3) is 0.0833. The van der Waals surface area contributed by atoms with E-state index in [0.717, 1.165) is 0 Å². The predicted octanol–water partition coefficient (Wildman–Crippen LogP) is 0.239.